The molecule has 2 N–H and O–H groups in total. The zero-order valence-corrected chi connectivity index (χ0v) is 7.95. The first-order valence-electron chi connectivity index (χ1n) is 4.68. The summed E-state index contributed by atoms with van der Waals surface area (Å²) in [6, 6.07) is 0. The standard InChI is InChI=1S/C9H16N2O2/c1-7(5-10)6-11-8(12)3-2-4-9(11)13/h7H,2-6,10H2,1H3. The van der Waals surface area contributed by atoms with E-state index in [9.17, 15) is 9.59 Å². The van der Waals surface area contributed by atoms with E-state index >= 15 is 0 Å². The summed E-state index contributed by atoms with van der Waals surface area (Å²) >= 11 is 0. The Labute approximate surface area is 78.1 Å². The molecule has 2 amide bonds. The van der Waals surface area contributed by atoms with Crippen molar-refractivity contribution in [1.82, 2.24) is 4.90 Å². The van der Waals surface area contributed by atoms with Crippen LogP contribution in [0.4, 0.5) is 0 Å². The highest BCUT2D eigenvalue weighted by Gasteiger charge is 2.26. The summed E-state index contributed by atoms with van der Waals surface area (Å²) in [5.41, 5.74) is 5.43. The lowest BCUT2D eigenvalue weighted by molar-refractivity contribution is -0.148. The van der Waals surface area contributed by atoms with Crippen molar-refractivity contribution < 1.29 is 9.59 Å². The first kappa shape index (κ1) is 10.2. The molecule has 1 atom stereocenters. The van der Waals surface area contributed by atoms with Crippen molar-refractivity contribution in [2.75, 3.05) is 13.1 Å². The first-order valence-corrected chi connectivity index (χ1v) is 4.68. The van der Waals surface area contributed by atoms with E-state index in [0.29, 0.717) is 32.4 Å². The topological polar surface area (TPSA) is 63.4 Å². The van der Waals surface area contributed by atoms with Gasteiger partial charge in [-0.2, -0.15) is 0 Å². The molecule has 1 aliphatic heterocycles. The predicted octanol–water partition coefficient (Wildman–Crippen LogP) is 0.120. The molecule has 0 saturated carbocycles. The molecule has 0 radical (unpaired) electrons. The van der Waals surface area contributed by atoms with Crippen LogP contribution in [0.25, 0.3) is 0 Å². The van der Waals surface area contributed by atoms with Crippen LogP contribution in [0.2, 0.25) is 0 Å². The van der Waals surface area contributed by atoms with Crippen LogP contribution in [0.3, 0.4) is 0 Å². The first-order chi connectivity index (χ1) is 6.15. The van der Waals surface area contributed by atoms with Crippen LogP contribution in [-0.2, 0) is 9.59 Å². The number of nitrogens with two attached hydrogens (primary N) is 1. The molecule has 1 unspecified atom stereocenters. The molecular weight excluding hydrogens is 168 g/mol. The van der Waals surface area contributed by atoms with E-state index in [1.54, 1.807) is 0 Å². The van der Waals surface area contributed by atoms with Gasteiger partial charge in [-0.1, -0.05) is 6.92 Å². The smallest absolute Gasteiger partial charge is 0.229 e. The number of hydrogen-bond acceptors (Lipinski definition) is 3. The van der Waals surface area contributed by atoms with Gasteiger partial charge in [-0.05, 0) is 18.9 Å². The third-order valence-corrected chi connectivity index (χ3v) is 2.28. The van der Waals surface area contributed by atoms with Crippen molar-refractivity contribution in [1.29, 1.82) is 0 Å². The number of imide groups is 1. The maximum Gasteiger partial charge on any atom is 0.229 e. The molecule has 1 rings (SSSR count). The molecule has 4 heteroatoms. The minimum Gasteiger partial charge on any atom is -0.330 e. The number of carbonyl (C=O) groups is 2. The van der Waals surface area contributed by atoms with Crippen molar-refractivity contribution in [3.05, 3.63) is 0 Å². The highest BCUT2D eigenvalue weighted by Crippen LogP contribution is 2.13. The Morgan fingerprint density at radius 3 is 2.38 bits per heavy atom. The van der Waals surface area contributed by atoms with Gasteiger partial charge in [0.25, 0.3) is 0 Å². The van der Waals surface area contributed by atoms with Gasteiger partial charge in [-0.3, -0.25) is 14.5 Å². The minimum absolute atomic E-state index is 0.0449. The van der Waals surface area contributed by atoms with Gasteiger partial charge in [0.1, 0.15) is 0 Å². The number of carbonyl (C=O) groups excluding carboxylic acids is 2. The van der Waals surface area contributed by atoms with E-state index in [0.717, 1.165) is 0 Å². The second-order valence-corrected chi connectivity index (χ2v) is 3.59. The molecule has 1 aliphatic rings. The number of likely N-dealkylation sites (tertiary alicyclic amines) is 1. The van der Waals surface area contributed by atoms with E-state index in [-0.39, 0.29) is 17.7 Å². The molecule has 0 spiro atoms. The molecule has 13 heavy (non-hydrogen) atoms. The fraction of sp³-hybridized carbons (Fsp3) is 0.778. The summed E-state index contributed by atoms with van der Waals surface area (Å²) in [5, 5.41) is 0. The Hall–Kier alpha value is -0.900. The van der Waals surface area contributed by atoms with Crippen LogP contribution in [0, 0.1) is 5.92 Å². The predicted molar refractivity (Wildman–Crippen MR) is 48.8 cm³/mol. The maximum absolute atomic E-state index is 11.3. The average molecular weight is 184 g/mol. The monoisotopic (exact) mass is 184 g/mol. The van der Waals surface area contributed by atoms with Gasteiger partial charge >= 0.3 is 0 Å². The van der Waals surface area contributed by atoms with E-state index in [2.05, 4.69) is 0 Å². The van der Waals surface area contributed by atoms with E-state index in [1.165, 1.54) is 4.90 Å². The molecule has 1 saturated heterocycles. The van der Waals surface area contributed by atoms with Gasteiger partial charge < -0.3 is 5.73 Å². The fourth-order valence-corrected chi connectivity index (χ4v) is 1.39. The summed E-state index contributed by atoms with van der Waals surface area (Å²) in [7, 11) is 0. The summed E-state index contributed by atoms with van der Waals surface area (Å²) in [6.07, 6.45) is 1.71. The summed E-state index contributed by atoms with van der Waals surface area (Å²) in [5.74, 6) is 0.110. The molecule has 0 aromatic heterocycles. The summed E-state index contributed by atoms with van der Waals surface area (Å²) < 4.78 is 0. The lowest BCUT2D eigenvalue weighted by atomic mass is 10.1. The zero-order chi connectivity index (χ0) is 9.84. The van der Waals surface area contributed by atoms with E-state index < -0.39 is 0 Å². The molecule has 0 bridgehead atoms. The normalized spacial score (nSPS) is 20.6. The van der Waals surface area contributed by atoms with Crippen LogP contribution in [0.1, 0.15) is 26.2 Å². The molecule has 1 fully saturated rings. The van der Waals surface area contributed by atoms with Crippen molar-refractivity contribution in [2.45, 2.75) is 26.2 Å². The number of hydrogen-bond donors (Lipinski definition) is 1. The minimum atomic E-state index is -0.0449. The van der Waals surface area contributed by atoms with E-state index in [4.69, 9.17) is 5.73 Å². The van der Waals surface area contributed by atoms with Crippen LogP contribution in [-0.4, -0.2) is 29.8 Å². The van der Waals surface area contributed by atoms with Gasteiger partial charge in [0.15, 0.2) is 0 Å². The van der Waals surface area contributed by atoms with Crippen LogP contribution < -0.4 is 5.73 Å². The molecule has 0 aromatic rings. The quantitative estimate of drug-likeness (QED) is 0.634. The Morgan fingerprint density at radius 1 is 1.38 bits per heavy atom. The largest absolute Gasteiger partial charge is 0.330 e. The average Bonchev–Trinajstić information content (AvgIpc) is 2.11. The second-order valence-electron chi connectivity index (χ2n) is 3.59. The van der Waals surface area contributed by atoms with Gasteiger partial charge in [-0.15, -0.1) is 0 Å². The maximum atomic E-state index is 11.3. The third kappa shape index (κ3) is 2.52. The molecular formula is C9H16N2O2. The highest BCUT2D eigenvalue weighted by molar-refractivity contribution is 5.97. The van der Waals surface area contributed by atoms with Crippen LogP contribution in [0.5, 0.6) is 0 Å². The molecule has 4 nitrogen and oxygen atoms in total. The summed E-state index contributed by atoms with van der Waals surface area (Å²) in [4.78, 5) is 24.0. The Morgan fingerprint density at radius 2 is 1.92 bits per heavy atom. The number of nitrogens with zero attached hydrogens (tertiary/aromatic N) is 1. The van der Waals surface area contributed by atoms with E-state index in [1.807, 2.05) is 6.92 Å². The van der Waals surface area contributed by atoms with Gasteiger partial charge in [0.05, 0.1) is 0 Å². The number of rotatable bonds is 3. The number of amides is 2. The van der Waals surface area contributed by atoms with Crippen molar-refractivity contribution in [2.24, 2.45) is 11.7 Å². The molecule has 1 heterocycles. The Kier molecular flexibility index (Phi) is 3.42. The SMILES string of the molecule is CC(CN)CN1C(=O)CCCC1=O. The Balaban J connectivity index is 2.54. The Bertz CT molecular complexity index is 200. The van der Waals surface area contributed by atoms with Gasteiger partial charge in [0, 0.05) is 19.4 Å². The lowest BCUT2D eigenvalue weighted by Crippen LogP contribution is -2.43. The number of piperidine rings is 1. The molecule has 0 aromatic carbocycles. The van der Waals surface area contributed by atoms with Gasteiger partial charge in [0.2, 0.25) is 11.8 Å². The van der Waals surface area contributed by atoms with Crippen molar-refractivity contribution in [3.63, 3.8) is 0 Å². The van der Waals surface area contributed by atoms with Crippen LogP contribution >= 0.6 is 0 Å². The van der Waals surface area contributed by atoms with Gasteiger partial charge in [-0.25, -0.2) is 0 Å². The second kappa shape index (κ2) is 4.37. The highest BCUT2D eigenvalue weighted by atomic mass is 16.2. The summed E-state index contributed by atoms with van der Waals surface area (Å²) in [6.45, 7) is 2.93. The van der Waals surface area contributed by atoms with Crippen molar-refractivity contribution >= 4 is 11.8 Å². The lowest BCUT2D eigenvalue weighted by Gasteiger charge is -2.26. The van der Waals surface area contributed by atoms with Crippen molar-refractivity contribution in [3.8, 4) is 0 Å². The fourth-order valence-electron chi connectivity index (χ4n) is 1.39. The molecule has 0 aliphatic carbocycles. The molecule has 74 valence electrons. The zero-order valence-electron chi connectivity index (χ0n) is 7.95. The third-order valence-electron chi connectivity index (χ3n) is 2.28. The van der Waals surface area contributed by atoms with Crippen LogP contribution in [0.15, 0.2) is 0 Å².